The van der Waals surface area contributed by atoms with Crippen molar-refractivity contribution in [3.63, 3.8) is 0 Å². The maximum Gasteiger partial charge on any atom is 0.221 e. The minimum absolute atomic E-state index is 0.0607. The van der Waals surface area contributed by atoms with E-state index in [-0.39, 0.29) is 30.3 Å². The van der Waals surface area contributed by atoms with Crippen LogP contribution in [0.5, 0.6) is 0 Å². The molecular formula is C19H18FN3O2S. The van der Waals surface area contributed by atoms with Crippen molar-refractivity contribution in [3.05, 3.63) is 76.3 Å². The summed E-state index contributed by atoms with van der Waals surface area (Å²) in [5.41, 5.74) is 0.595. The fourth-order valence-electron chi connectivity index (χ4n) is 2.66. The molecule has 5 nitrogen and oxygen atoms in total. The van der Waals surface area contributed by atoms with Crippen molar-refractivity contribution in [2.45, 2.75) is 18.9 Å². The molecule has 1 aromatic carbocycles. The van der Waals surface area contributed by atoms with Gasteiger partial charge in [0.25, 0.3) is 0 Å². The second kappa shape index (κ2) is 8.05. The topological polar surface area (TPSA) is 64.0 Å². The number of nitrogens with zero attached hydrogens (tertiary/aromatic N) is 2. The van der Waals surface area contributed by atoms with E-state index in [0.29, 0.717) is 16.3 Å². The highest BCUT2D eigenvalue weighted by Crippen LogP contribution is 2.21. The number of aromatic nitrogens is 2. The van der Waals surface area contributed by atoms with Gasteiger partial charge in [-0.25, -0.2) is 9.37 Å². The SMILES string of the molecule is Cn1ccnc1C(NC(=O)CCC(=O)c1cccs1)c1cccc(F)c1. The van der Waals surface area contributed by atoms with E-state index >= 15 is 0 Å². The Labute approximate surface area is 154 Å². The van der Waals surface area contributed by atoms with E-state index in [1.54, 1.807) is 48.3 Å². The third-order valence-corrected chi connectivity index (χ3v) is 4.89. The summed E-state index contributed by atoms with van der Waals surface area (Å²) in [6, 6.07) is 9.01. The first-order valence-electron chi connectivity index (χ1n) is 8.13. The van der Waals surface area contributed by atoms with Crippen molar-refractivity contribution in [1.29, 1.82) is 0 Å². The van der Waals surface area contributed by atoms with Gasteiger partial charge >= 0.3 is 0 Å². The summed E-state index contributed by atoms with van der Waals surface area (Å²) in [6.45, 7) is 0. The molecule has 0 bridgehead atoms. The highest BCUT2D eigenvalue weighted by atomic mass is 32.1. The van der Waals surface area contributed by atoms with Crippen LogP contribution in [-0.4, -0.2) is 21.2 Å². The number of amides is 1. The van der Waals surface area contributed by atoms with E-state index in [0.717, 1.165) is 0 Å². The average Bonchev–Trinajstić information content (AvgIpc) is 3.29. The number of thiophene rings is 1. The largest absolute Gasteiger partial charge is 0.342 e. The summed E-state index contributed by atoms with van der Waals surface area (Å²) < 4.78 is 15.4. The number of rotatable bonds is 7. The first kappa shape index (κ1) is 18.0. The Morgan fingerprint density at radius 2 is 2.12 bits per heavy atom. The lowest BCUT2D eigenvalue weighted by Crippen LogP contribution is -2.31. The molecule has 1 amide bonds. The smallest absolute Gasteiger partial charge is 0.221 e. The minimum Gasteiger partial charge on any atom is -0.342 e. The molecule has 0 saturated carbocycles. The first-order valence-corrected chi connectivity index (χ1v) is 9.01. The molecule has 3 aromatic rings. The molecule has 0 aliphatic carbocycles. The van der Waals surface area contributed by atoms with Gasteiger partial charge in [0.2, 0.25) is 5.91 Å². The van der Waals surface area contributed by atoms with E-state index in [9.17, 15) is 14.0 Å². The molecule has 0 aliphatic heterocycles. The number of hydrogen-bond donors (Lipinski definition) is 1. The standard InChI is InChI=1S/C19H18FN3O2S/c1-23-10-9-21-19(23)18(13-4-2-5-14(20)12-13)22-17(25)8-7-15(24)16-6-3-11-26-16/h2-6,9-12,18H,7-8H2,1H3,(H,22,25). The normalized spacial score (nSPS) is 11.9. The van der Waals surface area contributed by atoms with Crippen LogP contribution in [0.3, 0.4) is 0 Å². The Hall–Kier alpha value is -2.80. The summed E-state index contributed by atoms with van der Waals surface area (Å²) in [5.74, 6) is -0.140. The zero-order chi connectivity index (χ0) is 18.5. The summed E-state index contributed by atoms with van der Waals surface area (Å²) in [5, 5.41) is 4.69. The van der Waals surface area contributed by atoms with Crippen LogP contribution in [-0.2, 0) is 11.8 Å². The van der Waals surface area contributed by atoms with Crippen LogP contribution in [0.15, 0.2) is 54.2 Å². The third kappa shape index (κ3) is 4.23. The Morgan fingerprint density at radius 3 is 2.77 bits per heavy atom. The van der Waals surface area contributed by atoms with Crippen molar-refractivity contribution in [3.8, 4) is 0 Å². The molecule has 0 saturated heterocycles. The Morgan fingerprint density at radius 1 is 1.27 bits per heavy atom. The Bertz CT molecular complexity index is 905. The van der Waals surface area contributed by atoms with Gasteiger partial charge in [0.05, 0.1) is 4.88 Å². The number of aryl methyl sites for hydroxylation is 1. The molecule has 0 aliphatic rings. The van der Waals surface area contributed by atoms with E-state index in [2.05, 4.69) is 10.3 Å². The predicted molar refractivity (Wildman–Crippen MR) is 97.5 cm³/mol. The molecule has 2 aromatic heterocycles. The van der Waals surface area contributed by atoms with Gasteiger partial charge in [0.15, 0.2) is 5.78 Å². The maximum atomic E-state index is 13.6. The second-order valence-corrected chi connectivity index (χ2v) is 6.80. The molecule has 2 heterocycles. The number of nitrogens with one attached hydrogen (secondary N) is 1. The Balaban J connectivity index is 1.72. The van der Waals surface area contributed by atoms with Crippen molar-refractivity contribution in [2.75, 3.05) is 0 Å². The second-order valence-electron chi connectivity index (χ2n) is 5.85. The number of Topliss-reactive ketones (excluding diaryl/α,β-unsaturated/α-hetero) is 1. The highest BCUT2D eigenvalue weighted by molar-refractivity contribution is 7.12. The molecule has 134 valence electrons. The highest BCUT2D eigenvalue weighted by Gasteiger charge is 2.21. The van der Waals surface area contributed by atoms with Crippen molar-refractivity contribution in [1.82, 2.24) is 14.9 Å². The lowest BCUT2D eigenvalue weighted by molar-refractivity contribution is -0.121. The fraction of sp³-hybridized carbons (Fsp3) is 0.211. The molecule has 26 heavy (non-hydrogen) atoms. The molecule has 3 rings (SSSR count). The minimum atomic E-state index is -0.588. The van der Waals surface area contributed by atoms with Gasteiger partial charge in [-0.2, -0.15) is 0 Å². The number of hydrogen-bond acceptors (Lipinski definition) is 4. The van der Waals surface area contributed by atoms with Crippen LogP contribution in [0.4, 0.5) is 4.39 Å². The van der Waals surface area contributed by atoms with Gasteiger partial charge in [-0.1, -0.05) is 18.2 Å². The van der Waals surface area contributed by atoms with Crippen molar-refractivity contribution < 1.29 is 14.0 Å². The molecular weight excluding hydrogens is 353 g/mol. The third-order valence-electron chi connectivity index (χ3n) is 3.98. The first-order chi connectivity index (χ1) is 12.5. The van der Waals surface area contributed by atoms with Gasteiger partial charge in [0, 0.05) is 32.3 Å². The van der Waals surface area contributed by atoms with E-state index in [1.165, 1.54) is 23.5 Å². The molecule has 1 unspecified atom stereocenters. The van der Waals surface area contributed by atoms with Crippen LogP contribution < -0.4 is 5.32 Å². The zero-order valence-corrected chi connectivity index (χ0v) is 15.0. The number of halogens is 1. The van der Waals surface area contributed by atoms with Crippen LogP contribution >= 0.6 is 11.3 Å². The molecule has 0 spiro atoms. The monoisotopic (exact) mass is 371 g/mol. The van der Waals surface area contributed by atoms with Crippen molar-refractivity contribution in [2.24, 2.45) is 7.05 Å². The molecule has 0 fully saturated rings. The van der Waals surface area contributed by atoms with Crippen LogP contribution in [0.1, 0.15) is 39.9 Å². The molecule has 7 heteroatoms. The number of carbonyl (C=O) groups is 2. The summed E-state index contributed by atoms with van der Waals surface area (Å²) in [4.78, 5) is 29.4. The quantitative estimate of drug-likeness (QED) is 0.647. The van der Waals surface area contributed by atoms with E-state index < -0.39 is 6.04 Å². The number of carbonyl (C=O) groups excluding carboxylic acids is 2. The molecule has 0 radical (unpaired) electrons. The molecule has 1 N–H and O–H groups in total. The van der Waals surface area contributed by atoms with E-state index in [4.69, 9.17) is 0 Å². The number of benzene rings is 1. The zero-order valence-electron chi connectivity index (χ0n) is 14.2. The van der Waals surface area contributed by atoms with E-state index in [1.807, 2.05) is 5.38 Å². The lowest BCUT2D eigenvalue weighted by Gasteiger charge is -2.19. The summed E-state index contributed by atoms with van der Waals surface area (Å²) in [6.07, 6.45) is 3.57. The van der Waals surface area contributed by atoms with Crippen LogP contribution in [0.2, 0.25) is 0 Å². The van der Waals surface area contributed by atoms with Gasteiger partial charge < -0.3 is 9.88 Å². The number of imidazole rings is 1. The van der Waals surface area contributed by atoms with Crippen molar-refractivity contribution >= 4 is 23.0 Å². The molecule has 1 atom stereocenters. The Kier molecular flexibility index (Phi) is 5.58. The van der Waals surface area contributed by atoms with Gasteiger partial charge in [0.1, 0.15) is 17.7 Å². The lowest BCUT2D eigenvalue weighted by atomic mass is 10.1. The fourth-order valence-corrected chi connectivity index (χ4v) is 3.35. The van der Waals surface area contributed by atoms with Gasteiger partial charge in [-0.05, 0) is 29.1 Å². The van der Waals surface area contributed by atoms with Crippen LogP contribution in [0.25, 0.3) is 0 Å². The summed E-state index contributed by atoms with van der Waals surface area (Å²) >= 11 is 1.36. The predicted octanol–water partition coefficient (Wildman–Crippen LogP) is 3.49. The van der Waals surface area contributed by atoms with Gasteiger partial charge in [-0.15, -0.1) is 11.3 Å². The number of ketones is 1. The van der Waals surface area contributed by atoms with Gasteiger partial charge in [-0.3, -0.25) is 9.59 Å². The average molecular weight is 371 g/mol. The van der Waals surface area contributed by atoms with Crippen LogP contribution in [0, 0.1) is 5.82 Å². The summed E-state index contributed by atoms with van der Waals surface area (Å²) in [7, 11) is 1.81. The maximum absolute atomic E-state index is 13.6.